The lowest BCUT2D eigenvalue weighted by molar-refractivity contribution is -0.968. The Bertz CT molecular complexity index is 47.7. The van der Waals surface area contributed by atoms with Gasteiger partial charge in [-0.3, -0.25) is 0 Å². The van der Waals surface area contributed by atoms with Crippen LogP contribution in [0.4, 0.5) is 0 Å². The molecule has 4 N–H and O–H groups in total. The van der Waals surface area contributed by atoms with E-state index in [1.165, 1.54) is 0 Å². The summed E-state index contributed by atoms with van der Waals surface area (Å²) < 4.78 is 5.52. The Kier molecular flexibility index (Phi) is 3.97. The van der Waals surface area contributed by atoms with Gasteiger partial charge in [-0.05, 0) is 0 Å². The molecule has 0 bridgehead atoms. The highest BCUT2D eigenvalue weighted by Crippen LogP contribution is 1.84. The van der Waals surface area contributed by atoms with E-state index in [1.807, 2.05) is 45.7 Å². The van der Waals surface area contributed by atoms with Crippen LogP contribution in [0.1, 0.15) is 0 Å². The van der Waals surface area contributed by atoms with Crippen molar-refractivity contribution < 1.29 is 4.81 Å². The van der Waals surface area contributed by atoms with Crippen molar-refractivity contribution in [1.29, 1.82) is 0 Å². The van der Waals surface area contributed by atoms with Crippen LogP contribution >= 0.6 is 45.7 Å². The topological polar surface area (TPSA) is 50.1 Å². The molecule has 6 heteroatoms. The minimum atomic E-state index is 0.112. The molecule has 0 rings (SSSR count). The van der Waals surface area contributed by atoms with E-state index in [4.69, 9.17) is 5.84 Å². The Hall–Kier alpha value is 1.30. The lowest BCUT2D eigenvalue weighted by Gasteiger charge is -2.19. The van der Waals surface area contributed by atoms with Crippen molar-refractivity contribution in [2.45, 2.75) is 0 Å². The van der Waals surface area contributed by atoms with Crippen molar-refractivity contribution in [2.75, 3.05) is 7.05 Å². The number of halogens is 2. The van der Waals surface area contributed by atoms with E-state index >= 15 is 0 Å². The van der Waals surface area contributed by atoms with Crippen molar-refractivity contribution in [3.8, 4) is 0 Å². The van der Waals surface area contributed by atoms with Crippen LogP contribution in [-0.2, 0) is 0 Å². The zero-order valence-electron chi connectivity index (χ0n) is 3.78. The SMILES string of the molecule is C[N+](N)(NI)NI. The van der Waals surface area contributed by atoms with Crippen LogP contribution in [0.2, 0.25) is 0 Å². The predicted octanol–water partition coefficient (Wildman–Crippen LogP) is 0.0159. The molecule has 0 aromatic rings. The first-order valence-electron chi connectivity index (χ1n) is 1.53. The van der Waals surface area contributed by atoms with Crippen LogP contribution in [-0.4, -0.2) is 11.9 Å². The number of nitrogens with one attached hydrogen (secondary N) is 2. The minimum absolute atomic E-state index is 0.112. The van der Waals surface area contributed by atoms with Gasteiger partial charge in [0.2, 0.25) is 0 Å². The third-order valence-electron chi connectivity index (χ3n) is 0.351. The zero-order chi connectivity index (χ0) is 5.91. The quantitative estimate of drug-likeness (QED) is 0.220. The summed E-state index contributed by atoms with van der Waals surface area (Å²) in [6.07, 6.45) is 0. The third-order valence-corrected chi connectivity index (χ3v) is 2.36. The molecule has 4 nitrogen and oxygen atoms in total. The molecule has 0 aliphatic carbocycles. The van der Waals surface area contributed by atoms with Crippen molar-refractivity contribution in [2.24, 2.45) is 5.84 Å². The van der Waals surface area contributed by atoms with Gasteiger partial charge in [-0.1, -0.05) is 12.1 Å². The molecule has 0 aromatic carbocycles. The summed E-state index contributed by atoms with van der Waals surface area (Å²) >= 11 is 3.92. The van der Waals surface area contributed by atoms with Crippen LogP contribution in [0.3, 0.4) is 0 Å². The van der Waals surface area contributed by atoms with Gasteiger partial charge >= 0.3 is 0 Å². The molecule has 7 heavy (non-hydrogen) atoms. The Balaban J connectivity index is 3.36. The maximum absolute atomic E-state index is 5.42. The Morgan fingerprint density at radius 3 is 1.71 bits per heavy atom. The molecule has 0 unspecified atom stereocenters. The van der Waals surface area contributed by atoms with Gasteiger partial charge in [0.1, 0.15) is 7.05 Å². The van der Waals surface area contributed by atoms with E-state index in [2.05, 4.69) is 7.28 Å². The zero-order valence-corrected chi connectivity index (χ0v) is 8.10. The molecule has 0 aromatic heterocycles. The lowest BCUT2D eigenvalue weighted by atomic mass is 11.4. The van der Waals surface area contributed by atoms with E-state index in [0.29, 0.717) is 0 Å². The molecule has 0 heterocycles. The average molecular weight is 329 g/mol. The molecule has 0 radical (unpaired) electrons. The first kappa shape index (κ1) is 8.30. The van der Waals surface area contributed by atoms with E-state index in [1.54, 1.807) is 7.05 Å². The van der Waals surface area contributed by atoms with Crippen LogP contribution in [0.5, 0.6) is 0 Å². The van der Waals surface area contributed by atoms with Crippen LogP contribution in [0, 0.1) is 0 Å². The standard InChI is InChI=1S/CH7I2N4/c1-7(4,5-2)6-3/h5-6H,4H2,1H3/q+1. The fourth-order valence-corrected chi connectivity index (χ4v) is 0.719. The first-order valence-corrected chi connectivity index (χ1v) is 3.69. The van der Waals surface area contributed by atoms with E-state index in [-0.39, 0.29) is 4.81 Å². The molecule has 44 valence electrons. The lowest BCUT2D eigenvalue weighted by Crippen LogP contribution is -2.61. The monoisotopic (exact) mass is 329 g/mol. The van der Waals surface area contributed by atoms with Crippen LogP contribution in [0.15, 0.2) is 0 Å². The van der Waals surface area contributed by atoms with E-state index in [0.717, 1.165) is 0 Å². The number of hydrogen-bond acceptors (Lipinski definition) is 3. The maximum Gasteiger partial charge on any atom is 0.126 e. The summed E-state index contributed by atoms with van der Waals surface area (Å²) in [5.74, 6) is 5.42. The molecular formula is CH7I2N4+. The van der Waals surface area contributed by atoms with Crippen LogP contribution in [0.25, 0.3) is 0 Å². The van der Waals surface area contributed by atoms with Gasteiger partial charge in [0, 0.05) is 0 Å². The van der Waals surface area contributed by atoms with Gasteiger partial charge in [-0.25, -0.2) is 0 Å². The molecule has 0 atom stereocenters. The van der Waals surface area contributed by atoms with Crippen molar-refractivity contribution >= 4 is 45.7 Å². The second-order valence-corrected chi connectivity index (χ2v) is 2.21. The van der Waals surface area contributed by atoms with Gasteiger partial charge in [-0.15, -0.1) is 5.84 Å². The largest absolute Gasteiger partial charge is 0.140 e. The van der Waals surface area contributed by atoms with Gasteiger partial charge < -0.3 is 0 Å². The highest BCUT2D eigenvalue weighted by molar-refractivity contribution is 14.1. The molecule has 0 amide bonds. The Morgan fingerprint density at radius 1 is 1.43 bits per heavy atom. The smallest absolute Gasteiger partial charge is 0.126 e. The number of quaternary nitrogens is 1. The molecular weight excluding hydrogens is 322 g/mol. The van der Waals surface area contributed by atoms with Crippen molar-refractivity contribution in [3.63, 3.8) is 0 Å². The summed E-state index contributed by atoms with van der Waals surface area (Å²) in [5.41, 5.74) is 0. The number of hydrogen-bond donors (Lipinski definition) is 3. The van der Waals surface area contributed by atoms with Gasteiger partial charge in [0.15, 0.2) is 0 Å². The predicted molar refractivity (Wildman–Crippen MR) is 44.7 cm³/mol. The molecule has 0 aliphatic heterocycles. The fraction of sp³-hybridized carbons (Fsp3) is 1.00. The summed E-state index contributed by atoms with van der Waals surface area (Å²) in [6, 6.07) is 0. The second-order valence-electron chi connectivity index (χ2n) is 1.24. The number of rotatable bonds is 2. The summed E-state index contributed by atoms with van der Waals surface area (Å²) in [4.78, 5) is 0.112. The second kappa shape index (κ2) is 3.35. The van der Waals surface area contributed by atoms with Crippen LogP contribution < -0.4 is 13.1 Å². The molecule has 0 spiro atoms. The van der Waals surface area contributed by atoms with E-state index in [9.17, 15) is 0 Å². The summed E-state index contributed by atoms with van der Waals surface area (Å²) in [5, 5.41) is 0. The summed E-state index contributed by atoms with van der Waals surface area (Å²) in [6.45, 7) is 0. The maximum atomic E-state index is 5.42. The number of nitrogens with zero attached hydrogens (tertiary/aromatic N) is 1. The van der Waals surface area contributed by atoms with E-state index < -0.39 is 0 Å². The molecule has 0 aliphatic rings. The Labute approximate surface area is 70.3 Å². The fourth-order valence-electron chi connectivity index (χ4n) is 0.0160. The van der Waals surface area contributed by atoms with Crippen molar-refractivity contribution in [1.82, 2.24) is 7.28 Å². The average Bonchev–Trinajstić information content (AvgIpc) is 1.68. The number of nitrogens with two attached hydrogens (primary N) is 1. The molecule has 0 saturated carbocycles. The third kappa shape index (κ3) is 3.85. The van der Waals surface area contributed by atoms with Crippen molar-refractivity contribution in [3.05, 3.63) is 0 Å². The molecule has 0 saturated heterocycles. The Morgan fingerprint density at radius 2 is 1.71 bits per heavy atom. The minimum Gasteiger partial charge on any atom is -0.140 e. The normalized spacial score (nSPS) is 12.0. The van der Waals surface area contributed by atoms with Gasteiger partial charge in [0.25, 0.3) is 0 Å². The van der Waals surface area contributed by atoms with Gasteiger partial charge in [0.05, 0.1) is 45.7 Å². The first-order chi connectivity index (χ1) is 3.12. The molecule has 0 fully saturated rings. The highest BCUT2D eigenvalue weighted by Gasteiger charge is 2.09. The highest BCUT2D eigenvalue weighted by atomic mass is 127. The van der Waals surface area contributed by atoms with Gasteiger partial charge in [-0.2, -0.15) is 0 Å². The summed E-state index contributed by atoms with van der Waals surface area (Å²) in [7, 11) is 1.78.